The lowest BCUT2D eigenvalue weighted by atomic mass is 10.0. The molecule has 1 atom stereocenters. The first-order valence-corrected chi connectivity index (χ1v) is 7.10. The molecule has 3 rings (SSSR count). The Morgan fingerprint density at radius 1 is 1.33 bits per heavy atom. The number of fused-ring (bicyclic) bond motifs is 1. The van der Waals surface area contributed by atoms with Crippen LogP contribution in [-0.2, 0) is 13.0 Å². The molecule has 1 aromatic carbocycles. The van der Waals surface area contributed by atoms with Crippen LogP contribution in [0.4, 0.5) is 0 Å². The Hall–Kier alpha value is -1.06. The van der Waals surface area contributed by atoms with Crippen molar-refractivity contribution in [2.24, 2.45) is 0 Å². The van der Waals surface area contributed by atoms with Gasteiger partial charge < -0.3 is 15.4 Å². The van der Waals surface area contributed by atoms with Crippen molar-refractivity contribution >= 4 is 0 Å². The zero-order valence-electron chi connectivity index (χ0n) is 10.9. The van der Waals surface area contributed by atoms with Crippen LogP contribution in [-0.4, -0.2) is 25.7 Å². The van der Waals surface area contributed by atoms with E-state index in [2.05, 4.69) is 28.8 Å². The molecule has 1 unspecified atom stereocenters. The molecule has 1 saturated heterocycles. The van der Waals surface area contributed by atoms with Crippen LogP contribution in [0.1, 0.15) is 30.4 Å². The van der Waals surface area contributed by atoms with Crippen molar-refractivity contribution in [1.82, 2.24) is 10.6 Å². The molecule has 0 amide bonds. The fourth-order valence-electron chi connectivity index (χ4n) is 2.85. The minimum atomic E-state index is 0.672. The van der Waals surface area contributed by atoms with Crippen molar-refractivity contribution in [3.63, 3.8) is 0 Å². The average molecular weight is 246 g/mol. The molecule has 2 heterocycles. The fourth-order valence-corrected chi connectivity index (χ4v) is 2.85. The number of benzene rings is 1. The fraction of sp³-hybridized carbons (Fsp3) is 0.600. The SMILES string of the molecule is c1cc2c(cc1CNCC1CCCN1)CCCO2. The molecule has 18 heavy (non-hydrogen) atoms. The number of ether oxygens (including phenoxy) is 1. The van der Waals surface area contributed by atoms with E-state index in [1.165, 1.54) is 30.5 Å². The lowest BCUT2D eigenvalue weighted by Crippen LogP contribution is -2.33. The van der Waals surface area contributed by atoms with Gasteiger partial charge in [-0.15, -0.1) is 0 Å². The summed E-state index contributed by atoms with van der Waals surface area (Å²) in [6, 6.07) is 7.27. The Morgan fingerprint density at radius 2 is 2.33 bits per heavy atom. The predicted molar refractivity (Wildman–Crippen MR) is 73.0 cm³/mol. The van der Waals surface area contributed by atoms with Crippen molar-refractivity contribution in [2.45, 2.75) is 38.3 Å². The Bertz CT molecular complexity index is 399. The molecular weight excluding hydrogens is 224 g/mol. The van der Waals surface area contributed by atoms with Gasteiger partial charge in [0.15, 0.2) is 0 Å². The maximum atomic E-state index is 5.63. The molecule has 3 heteroatoms. The van der Waals surface area contributed by atoms with Gasteiger partial charge in [0.1, 0.15) is 5.75 Å². The standard InChI is InChI=1S/C15H22N2O/c1-4-14(17-7-1)11-16-10-12-5-6-15-13(9-12)3-2-8-18-15/h5-6,9,14,16-17H,1-4,7-8,10-11H2. The van der Waals surface area contributed by atoms with Crippen LogP contribution >= 0.6 is 0 Å². The first-order valence-electron chi connectivity index (χ1n) is 7.10. The third-order valence-electron chi connectivity index (χ3n) is 3.86. The van der Waals surface area contributed by atoms with E-state index >= 15 is 0 Å². The summed E-state index contributed by atoms with van der Waals surface area (Å²) >= 11 is 0. The van der Waals surface area contributed by atoms with Crippen LogP contribution < -0.4 is 15.4 Å². The summed E-state index contributed by atoms with van der Waals surface area (Å²) in [5.41, 5.74) is 2.75. The van der Waals surface area contributed by atoms with Crippen molar-refractivity contribution in [1.29, 1.82) is 0 Å². The molecule has 1 aromatic rings. The molecule has 0 bridgehead atoms. The largest absolute Gasteiger partial charge is 0.493 e. The summed E-state index contributed by atoms with van der Waals surface area (Å²) in [7, 11) is 0. The zero-order valence-corrected chi connectivity index (χ0v) is 10.9. The highest BCUT2D eigenvalue weighted by Gasteiger charge is 2.13. The lowest BCUT2D eigenvalue weighted by molar-refractivity contribution is 0.288. The van der Waals surface area contributed by atoms with E-state index in [1.807, 2.05) is 0 Å². The number of hydrogen-bond acceptors (Lipinski definition) is 3. The van der Waals surface area contributed by atoms with E-state index in [4.69, 9.17) is 4.74 Å². The maximum absolute atomic E-state index is 5.63. The molecule has 0 aliphatic carbocycles. The van der Waals surface area contributed by atoms with E-state index in [0.29, 0.717) is 6.04 Å². The van der Waals surface area contributed by atoms with Crippen molar-refractivity contribution in [3.05, 3.63) is 29.3 Å². The number of hydrogen-bond donors (Lipinski definition) is 2. The monoisotopic (exact) mass is 246 g/mol. The Morgan fingerprint density at radius 3 is 3.22 bits per heavy atom. The summed E-state index contributed by atoms with van der Waals surface area (Å²) < 4.78 is 5.63. The molecule has 2 aliphatic heterocycles. The molecular formula is C15H22N2O. The average Bonchev–Trinajstić information content (AvgIpc) is 2.92. The van der Waals surface area contributed by atoms with E-state index in [9.17, 15) is 0 Å². The van der Waals surface area contributed by atoms with Gasteiger partial charge in [0, 0.05) is 19.1 Å². The third kappa shape index (κ3) is 2.85. The van der Waals surface area contributed by atoms with Gasteiger partial charge in [-0.25, -0.2) is 0 Å². The second-order valence-electron chi connectivity index (χ2n) is 5.32. The first-order chi connectivity index (χ1) is 8.92. The Kier molecular flexibility index (Phi) is 3.81. The van der Waals surface area contributed by atoms with E-state index in [-0.39, 0.29) is 0 Å². The van der Waals surface area contributed by atoms with Crippen molar-refractivity contribution in [2.75, 3.05) is 19.7 Å². The number of rotatable bonds is 4. The van der Waals surface area contributed by atoms with Crippen molar-refractivity contribution < 1.29 is 4.74 Å². The minimum absolute atomic E-state index is 0.672. The molecule has 0 spiro atoms. The molecule has 3 nitrogen and oxygen atoms in total. The summed E-state index contributed by atoms with van der Waals surface area (Å²) in [6.07, 6.45) is 4.94. The van der Waals surface area contributed by atoms with Crippen LogP contribution in [0, 0.1) is 0 Å². The second-order valence-corrected chi connectivity index (χ2v) is 5.32. The van der Waals surface area contributed by atoms with Crippen molar-refractivity contribution in [3.8, 4) is 5.75 Å². The first kappa shape index (κ1) is 12.0. The van der Waals surface area contributed by atoms with Gasteiger partial charge >= 0.3 is 0 Å². The minimum Gasteiger partial charge on any atom is -0.493 e. The Labute approximate surface area is 109 Å². The van der Waals surface area contributed by atoms with Gasteiger partial charge in [0.2, 0.25) is 0 Å². The van der Waals surface area contributed by atoms with Crippen LogP contribution in [0.3, 0.4) is 0 Å². The topological polar surface area (TPSA) is 33.3 Å². The molecule has 1 fully saturated rings. The van der Waals surface area contributed by atoms with Gasteiger partial charge in [-0.2, -0.15) is 0 Å². The summed E-state index contributed by atoms with van der Waals surface area (Å²) in [5, 5.41) is 7.06. The lowest BCUT2D eigenvalue weighted by Gasteiger charge is -2.18. The molecule has 0 radical (unpaired) electrons. The molecule has 0 aromatic heterocycles. The zero-order chi connectivity index (χ0) is 12.2. The van der Waals surface area contributed by atoms with Gasteiger partial charge in [-0.05, 0) is 49.4 Å². The van der Waals surface area contributed by atoms with Gasteiger partial charge in [-0.1, -0.05) is 12.1 Å². The molecule has 2 N–H and O–H groups in total. The predicted octanol–water partition coefficient (Wildman–Crippen LogP) is 1.85. The van der Waals surface area contributed by atoms with Crippen LogP contribution in [0.15, 0.2) is 18.2 Å². The van der Waals surface area contributed by atoms with Gasteiger partial charge in [0.05, 0.1) is 6.61 Å². The maximum Gasteiger partial charge on any atom is 0.122 e. The normalized spacial score (nSPS) is 22.6. The van der Waals surface area contributed by atoms with Crippen LogP contribution in [0.2, 0.25) is 0 Å². The van der Waals surface area contributed by atoms with Crippen LogP contribution in [0.25, 0.3) is 0 Å². The summed E-state index contributed by atoms with van der Waals surface area (Å²) in [4.78, 5) is 0. The number of aryl methyl sites for hydroxylation is 1. The summed E-state index contributed by atoms with van der Waals surface area (Å²) in [5.74, 6) is 1.09. The quantitative estimate of drug-likeness (QED) is 0.850. The third-order valence-corrected chi connectivity index (χ3v) is 3.86. The highest BCUT2D eigenvalue weighted by Crippen LogP contribution is 2.25. The van der Waals surface area contributed by atoms with Gasteiger partial charge in [-0.3, -0.25) is 0 Å². The molecule has 0 saturated carbocycles. The highest BCUT2D eigenvalue weighted by molar-refractivity contribution is 5.38. The Balaban J connectivity index is 1.52. The van der Waals surface area contributed by atoms with E-state index < -0.39 is 0 Å². The van der Waals surface area contributed by atoms with Crippen LogP contribution in [0.5, 0.6) is 5.75 Å². The number of nitrogens with one attached hydrogen (secondary N) is 2. The van der Waals surface area contributed by atoms with Gasteiger partial charge in [0.25, 0.3) is 0 Å². The second kappa shape index (κ2) is 5.72. The van der Waals surface area contributed by atoms with E-state index in [0.717, 1.165) is 38.3 Å². The molecule has 98 valence electrons. The molecule has 2 aliphatic rings. The van der Waals surface area contributed by atoms with E-state index in [1.54, 1.807) is 0 Å². The summed E-state index contributed by atoms with van der Waals surface area (Å²) in [6.45, 7) is 4.10. The smallest absolute Gasteiger partial charge is 0.122 e. The highest BCUT2D eigenvalue weighted by atomic mass is 16.5.